The summed E-state index contributed by atoms with van der Waals surface area (Å²) in [7, 11) is 0. The van der Waals surface area contributed by atoms with Gasteiger partial charge in [0.25, 0.3) is 0 Å². The van der Waals surface area contributed by atoms with Crippen LogP contribution in [-0.4, -0.2) is 48.8 Å². The number of rotatable bonds is 3. The van der Waals surface area contributed by atoms with Crippen molar-refractivity contribution in [2.75, 3.05) is 31.1 Å². The standard InChI is InChI=1S/C18H20N4O3/c1-13(23)20-12-16(24)21-9-6-18(7-10-21)14-4-2-3-5-15(14)22(11-8-19)17(18)25/h2-5H,6-7,9-12H2,1H3,(H,20,23). The zero-order valence-corrected chi connectivity index (χ0v) is 14.1. The number of amides is 3. The molecule has 0 unspecified atom stereocenters. The third kappa shape index (κ3) is 2.84. The lowest BCUT2D eigenvalue weighted by Gasteiger charge is -2.38. The molecular formula is C18H20N4O3. The number of fused-ring (bicyclic) bond motifs is 2. The first-order chi connectivity index (χ1) is 12.0. The molecule has 1 saturated heterocycles. The fourth-order valence-electron chi connectivity index (χ4n) is 3.76. The van der Waals surface area contributed by atoms with Crippen LogP contribution in [0.1, 0.15) is 25.3 Å². The highest BCUT2D eigenvalue weighted by Gasteiger charge is 2.52. The molecule has 25 heavy (non-hydrogen) atoms. The molecule has 0 aliphatic carbocycles. The second-order valence-corrected chi connectivity index (χ2v) is 6.44. The van der Waals surface area contributed by atoms with Gasteiger partial charge in [-0.15, -0.1) is 0 Å². The van der Waals surface area contributed by atoms with Gasteiger partial charge in [0.2, 0.25) is 17.7 Å². The van der Waals surface area contributed by atoms with Crippen molar-refractivity contribution in [3.63, 3.8) is 0 Å². The molecule has 0 bridgehead atoms. The number of benzene rings is 1. The van der Waals surface area contributed by atoms with Crippen molar-refractivity contribution in [1.29, 1.82) is 5.26 Å². The molecule has 1 fully saturated rings. The van der Waals surface area contributed by atoms with E-state index in [1.165, 1.54) is 6.92 Å². The van der Waals surface area contributed by atoms with Crippen LogP contribution in [0, 0.1) is 11.3 Å². The van der Waals surface area contributed by atoms with Crippen LogP contribution in [0.25, 0.3) is 0 Å². The summed E-state index contributed by atoms with van der Waals surface area (Å²) >= 11 is 0. The third-order valence-corrected chi connectivity index (χ3v) is 5.05. The molecule has 0 aromatic heterocycles. The van der Waals surface area contributed by atoms with Crippen LogP contribution in [0.3, 0.4) is 0 Å². The van der Waals surface area contributed by atoms with Crippen LogP contribution in [0.2, 0.25) is 0 Å². The van der Waals surface area contributed by atoms with E-state index in [0.717, 1.165) is 11.3 Å². The first-order valence-electron chi connectivity index (χ1n) is 8.30. The fraction of sp³-hybridized carbons (Fsp3) is 0.444. The van der Waals surface area contributed by atoms with Crippen molar-refractivity contribution < 1.29 is 14.4 Å². The predicted octanol–water partition coefficient (Wildman–Crippen LogP) is 0.553. The summed E-state index contributed by atoms with van der Waals surface area (Å²) in [5, 5.41) is 11.6. The Balaban J connectivity index is 1.78. The molecule has 2 aliphatic heterocycles. The number of nitriles is 1. The Hall–Kier alpha value is -2.88. The Morgan fingerprint density at radius 3 is 2.60 bits per heavy atom. The van der Waals surface area contributed by atoms with Crippen molar-refractivity contribution in [3.05, 3.63) is 29.8 Å². The number of anilines is 1. The van der Waals surface area contributed by atoms with E-state index in [9.17, 15) is 14.4 Å². The van der Waals surface area contributed by atoms with Gasteiger partial charge in [-0.3, -0.25) is 19.3 Å². The Labute approximate surface area is 146 Å². The Morgan fingerprint density at radius 1 is 1.28 bits per heavy atom. The molecule has 0 saturated carbocycles. The van der Waals surface area contributed by atoms with Gasteiger partial charge in [0.05, 0.1) is 18.0 Å². The Morgan fingerprint density at radius 2 is 1.96 bits per heavy atom. The number of likely N-dealkylation sites (tertiary alicyclic amines) is 1. The molecule has 2 aliphatic rings. The second-order valence-electron chi connectivity index (χ2n) is 6.44. The number of nitrogens with one attached hydrogen (secondary N) is 1. The Kier molecular flexibility index (Phi) is 4.45. The van der Waals surface area contributed by atoms with Gasteiger partial charge in [0.15, 0.2) is 0 Å². The number of piperidine rings is 1. The van der Waals surface area contributed by atoms with Gasteiger partial charge >= 0.3 is 0 Å². The lowest BCUT2D eigenvalue weighted by Crippen LogP contribution is -2.51. The largest absolute Gasteiger partial charge is 0.347 e. The highest BCUT2D eigenvalue weighted by Crippen LogP contribution is 2.47. The summed E-state index contributed by atoms with van der Waals surface area (Å²) in [6, 6.07) is 9.63. The molecule has 1 N–H and O–H groups in total. The molecule has 130 valence electrons. The van der Waals surface area contributed by atoms with Crippen LogP contribution in [0.5, 0.6) is 0 Å². The average molecular weight is 340 g/mol. The van der Waals surface area contributed by atoms with Gasteiger partial charge in [-0.1, -0.05) is 18.2 Å². The molecule has 3 amide bonds. The van der Waals surface area contributed by atoms with Gasteiger partial charge in [-0.2, -0.15) is 5.26 Å². The zero-order chi connectivity index (χ0) is 18.0. The number of carbonyl (C=O) groups is 3. The summed E-state index contributed by atoms with van der Waals surface area (Å²) in [5.74, 6) is -0.434. The molecule has 7 heteroatoms. The van der Waals surface area contributed by atoms with E-state index >= 15 is 0 Å². The predicted molar refractivity (Wildman–Crippen MR) is 90.6 cm³/mol. The summed E-state index contributed by atoms with van der Waals surface area (Å²) in [6.07, 6.45) is 1.05. The molecule has 2 heterocycles. The topological polar surface area (TPSA) is 93.5 Å². The van der Waals surface area contributed by atoms with E-state index in [4.69, 9.17) is 5.26 Å². The monoisotopic (exact) mass is 340 g/mol. The number of hydrogen-bond donors (Lipinski definition) is 1. The van der Waals surface area contributed by atoms with E-state index in [-0.39, 0.29) is 30.8 Å². The molecule has 1 spiro atoms. The maximum absolute atomic E-state index is 13.0. The Bertz CT molecular complexity index is 760. The zero-order valence-electron chi connectivity index (χ0n) is 14.1. The summed E-state index contributed by atoms with van der Waals surface area (Å²) in [6.45, 7) is 2.30. The first-order valence-corrected chi connectivity index (χ1v) is 8.30. The van der Waals surface area contributed by atoms with E-state index in [1.807, 2.05) is 24.3 Å². The first kappa shape index (κ1) is 17.0. The van der Waals surface area contributed by atoms with Crippen molar-refractivity contribution in [3.8, 4) is 6.07 Å². The second kappa shape index (κ2) is 6.55. The van der Waals surface area contributed by atoms with E-state index in [2.05, 4.69) is 11.4 Å². The normalized spacial score (nSPS) is 18.0. The fourth-order valence-corrected chi connectivity index (χ4v) is 3.76. The summed E-state index contributed by atoms with van der Waals surface area (Å²) in [4.78, 5) is 39.4. The number of hydrogen-bond acceptors (Lipinski definition) is 4. The highest BCUT2D eigenvalue weighted by atomic mass is 16.2. The molecular weight excluding hydrogens is 320 g/mol. The van der Waals surface area contributed by atoms with Crippen molar-refractivity contribution in [2.24, 2.45) is 0 Å². The van der Waals surface area contributed by atoms with Crippen LogP contribution < -0.4 is 10.2 Å². The number of para-hydroxylation sites is 1. The van der Waals surface area contributed by atoms with Crippen LogP contribution >= 0.6 is 0 Å². The van der Waals surface area contributed by atoms with Gasteiger partial charge in [0.1, 0.15) is 6.54 Å². The van der Waals surface area contributed by atoms with Crippen LogP contribution in [0.15, 0.2) is 24.3 Å². The maximum Gasteiger partial charge on any atom is 0.241 e. The molecule has 0 atom stereocenters. The molecule has 0 radical (unpaired) electrons. The smallest absolute Gasteiger partial charge is 0.241 e. The van der Waals surface area contributed by atoms with Crippen molar-refractivity contribution >= 4 is 23.4 Å². The number of nitrogens with zero attached hydrogens (tertiary/aromatic N) is 3. The minimum absolute atomic E-state index is 0.0204. The minimum atomic E-state index is -0.655. The highest BCUT2D eigenvalue weighted by molar-refractivity contribution is 6.08. The minimum Gasteiger partial charge on any atom is -0.347 e. The lowest BCUT2D eigenvalue weighted by atomic mass is 9.73. The summed E-state index contributed by atoms with van der Waals surface area (Å²) < 4.78 is 0. The molecule has 1 aromatic carbocycles. The van der Waals surface area contributed by atoms with Crippen LogP contribution in [-0.2, 0) is 19.8 Å². The maximum atomic E-state index is 13.0. The van der Waals surface area contributed by atoms with Gasteiger partial charge in [-0.25, -0.2) is 0 Å². The molecule has 7 nitrogen and oxygen atoms in total. The van der Waals surface area contributed by atoms with E-state index in [0.29, 0.717) is 25.9 Å². The molecule has 1 aromatic rings. The molecule has 3 rings (SSSR count). The lowest BCUT2D eigenvalue weighted by molar-refractivity contribution is -0.136. The van der Waals surface area contributed by atoms with Gasteiger partial charge in [-0.05, 0) is 24.5 Å². The summed E-state index contributed by atoms with van der Waals surface area (Å²) in [5.41, 5.74) is 1.09. The van der Waals surface area contributed by atoms with Crippen molar-refractivity contribution in [2.45, 2.75) is 25.2 Å². The number of carbonyl (C=O) groups excluding carboxylic acids is 3. The van der Waals surface area contributed by atoms with E-state index < -0.39 is 5.41 Å². The quantitative estimate of drug-likeness (QED) is 0.813. The van der Waals surface area contributed by atoms with Gasteiger partial charge in [0, 0.05) is 25.7 Å². The SMILES string of the molecule is CC(=O)NCC(=O)N1CCC2(CC1)C(=O)N(CC#N)c1ccccc12. The van der Waals surface area contributed by atoms with Gasteiger partial charge < -0.3 is 10.2 Å². The third-order valence-electron chi connectivity index (χ3n) is 5.05. The van der Waals surface area contributed by atoms with E-state index in [1.54, 1.807) is 9.80 Å². The average Bonchev–Trinajstić information content (AvgIpc) is 2.84. The van der Waals surface area contributed by atoms with Crippen LogP contribution in [0.4, 0.5) is 5.69 Å². The van der Waals surface area contributed by atoms with Crippen molar-refractivity contribution in [1.82, 2.24) is 10.2 Å².